The van der Waals surface area contributed by atoms with Crippen molar-refractivity contribution in [1.82, 2.24) is 5.16 Å². The first kappa shape index (κ1) is 16.9. The molecule has 132 valence electrons. The topological polar surface area (TPSA) is 102 Å². The minimum atomic E-state index is -0.353. The van der Waals surface area contributed by atoms with Crippen molar-refractivity contribution in [3.8, 4) is 0 Å². The molecule has 1 aliphatic heterocycles. The average Bonchev–Trinajstić information content (AvgIpc) is 2.99. The summed E-state index contributed by atoms with van der Waals surface area (Å²) in [6.07, 6.45) is 1.27. The third kappa shape index (κ3) is 3.62. The number of anilines is 2. The molecule has 8 heteroatoms. The molecule has 1 aromatic carbocycles. The van der Waals surface area contributed by atoms with Crippen molar-refractivity contribution >= 4 is 23.1 Å². The Morgan fingerprint density at radius 3 is 2.68 bits per heavy atom. The van der Waals surface area contributed by atoms with Gasteiger partial charge in [0.05, 0.1) is 4.92 Å². The first-order chi connectivity index (χ1) is 12.0. The van der Waals surface area contributed by atoms with Crippen LogP contribution in [-0.4, -0.2) is 29.1 Å². The van der Waals surface area contributed by atoms with E-state index < -0.39 is 0 Å². The van der Waals surface area contributed by atoms with Crippen LogP contribution in [0.2, 0.25) is 0 Å². The summed E-state index contributed by atoms with van der Waals surface area (Å²) in [7, 11) is 0. The number of nitro benzene ring substituents is 1. The highest BCUT2D eigenvalue weighted by atomic mass is 16.6. The fourth-order valence-corrected chi connectivity index (χ4v) is 3.22. The molecule has 1 saturated heterocycles. The van der Waals surface area contributed by atoms with Crippen LogP contribution in [0, 0.1) is 29.9 Å². The number of carbonyl (C=O) groups excluding carboxylic acids is 1. The lowest BCUT2D eigenvalue weighted by Crippen LogP contribution is -2.38. The van der Waals surface area contributed by atoms with Gasteiger partial charge in [-0.05, 0) is 32.3 Å². The van der Waals surface area contributed by atoms with Crippen LogP contribution in [0.5, 0.6) is 0 Å². The molecular formula is C17H20N4O4. The summed E-state index contributed by atoms with van der Waals surface area (Å²) in [5.74, 6) is 0.819. The number of aromatic nitrogens is 1. The number of nitrogens with zero attached hydrogens (tertiary/aromatic N) is 3. The van der Waals surface area contributed by atoms with Crippen molar-refractivity contribution in [3.63, 3.8) is 0 Å². The average molecular weight is 344 g/mol. The molecule has 0 atom stereocenters. The SMILES string of the molecule is Cc1cc(NC(=O)C2CCN(c3c(C)cccc3[N+](=O)[O-])CC2)no1. The van der Waals surface area contributed by atoms with Gasteiger partial charge in [-0.2, -0.15) is 0 Å². The first-order valence-electron chi connectivity index (χ1n) is 8.19. The van der Waals surface area contributed by atoms with E-state index in [0.29, 0.717) is 43.2 Å². The Bertz CT molecular complexity index is 794. The van der Waals surface area contributed by atoms with E-state index in [0.717, 1.165) is 5.56 Å². The van der Waals surface area contributed by atoms with Crippen molar-refractivity contribution in [1.29, 1.82) is 0 Å². The van der Waals surface area contributed by atoms with Crippen LogP contribution in [-0.2, 0) is 4.79 Å². The molecule has 0 saturated carbocycles. The van der Waals surface area contributed by atoms with Crippen LogP contribution in [0.1, 0.15) is 24.2 Å². The van der Waals surface area contributed by atoms with Crippen LogP contribution in [0.25, 0.3) is 0 Å². The van der Waals surface area contributed by atoms with Gasteiger partial charge in [0.25, 0.3) is 5.69 Å². The second kappa shape index (κ2) is 6.92. The smallest absolute Gasteiger partial charge is 0.292 e. The fourth-order valence-electron chi connectivity index (χ4n) is 3.22. The molecule has 1 N–H and O–H groups in total. The molecule has 1 amide bonds. The normalized spacial score (nSPS) is 15.2. The Morgan fingerprint density at radius 1 is 1.36 bits per heavy atom. The van der Waals surface area contributed by atoms with E-state index in [9.17, 15) is 14.9 Å². The predicted molar refractivity (Wildman–Crippen MR) is 92.6 cm³/mol. The fraction of sp³-hybridized carbons (Fsp3) is 0.412. The second-order valence-electron chi connectivity index (χ2n) is 6.27. The summed E-state index contributed by atoms with van der Waals surface area (Å²) < 4.78 is 4.94. The molecule has 2 aromatic rings. The van der Waals surface area contributed by atoms with E-state index in [-0.39, 0.29) is 22.4 Å². The van der Waals surface area contributed by atoms with E-state index in [1.807, 2.05) is 17.9 Å². The number of benzene rings is 1. The van der Waals surface area contributed by atoms with Crippen molar-refractivity contribution in [2.75, 3.05) is 23.3 Å². The Hall–Kier alpha value is -2.90. The highest BCUT2D eigenvalue weighted by Gasteiger charge is 2.29. The number of rotatable bonds is 4. The molecule has 0 unspecified atom stereocenters. The number of piperidine rings is 1. The van der Waals surface area contributed by atoms with Crippen molar-refractivity contribution < 1.29 is 14.2 Å². The van der Waals surface area contributed by atoms with Crippen LogP contribution in [0.15, 0.2) is 28.8 Å². The zero-order valence-electron chi connectivity index (χ0n) is 14.2. The zero-order chi connectivity index (χ0) is 18.0. The van der Waals surface area contributed by atoms with E-state index >= 15 is 0 Å². The minimum Gasteiger partial charge on any atom is -0.366 e. The molecular weight excluding hydrogens is 324 g/mol. The van der Waals surface area contributed by atoms with Crippen molar-refractivity contribution in [2.24, 2.45) is 5.92 Å². The maximum Gasteiger partial charge on any atom is 0.292 e. The van der Waals surface area contributed by atoms with E-state index in [2.05, 4.69) is 10.5 Å². The maximum absolute atomic E-state index is 12.3. The molecule has 1 aliphatic rings. The summed E-state index contributed by atoms with van der Waals surface area (Å²) >= 11 is 0. The lowest BCUT2D eigenvalue weighted by molar-refractivity contribution is -0.384. The van der Waals surface area contributed by atoms with Gasteiger partial charge in [0, 0.05) is 31.1 Å². The molecule has 0 radical (unpaired) electrons. The molecule has 0 aliphatic carbocycles. The number of para-hydroxylation sites is 1. The summed E-state index contributed by atoms with van der Waals surface area (Å²) in [4.78, 5) is 25.3. The Kier molecular flexibility index (Phi) is 4.69. The number of hydrogen-bond acceptors (Lipinski definition) is 6. The number of aryl methyl sites for hydroxylation is 2. The molecule has 0 spiro atoms. The number of nitro groups is 1. The lowest BCUT2D eigenvalue weighted by Gasteiger charge is -2.33. The standard InChI is InChI=1S/C17H20N4O4/c1-11-4-3-5-14(21(23)24)16(11)20-8-6-13(7-9-20)17(22)18-15-10-12(2)25-19-15/h3-5,10,13H,6-9H2,1-2H3,(H,18,19,22). The van der Waals surface area contributed by atoms with Gasteiger partial charge in [-0.15, -0.1) is 0 Å². The monoisotopic (exact) mass is 344 g/mol. The van der Waals surface area contributed by atoms with Gasteiger partial charge in [0.2, 0.25) is 5.91 Å². The van der Waals surface area contributed by atoms with Crippen LogP contribution >= 0.6 is 0 Å². The lowest BCUT2D eigenvalue weighted by atomic mass is 9.95. The number of hydrogen-bond donors (Lipinski definition) is 1. The Balaban J connectivity index is 1.66. The predicted octanol–water partition coefficient (Wildman–Crippen LogP) is 3.05. The summed E-state index contributed by atoms with van der Waals surface area (Å²) in [5, 5.41) is 17.8. The summed E-state index contributed by atoms with van der Waals surface area (Å²) in [5.41, 5.74) is 1.63. The van der Waals surface area contributed by atoms with Gasteiger partial charge < -0.3 is 14.7 Å². The third-order valence-electron chi connectivity index (χ3n) is 4.47. The van der Waals surface area contributed by atoms with Crippen molar-refractivity contribution in [2.45, 2.75) is 26.7 Å². The van der Waals surface area contributed by atoms with Gasteiger partial charge >= 0.3 is 0 Å². The van der Waals surface area contributed by atoms with E-state index in [4.69, 9.17) is 4.52 Å². The number of carbonyl (C=O) groups is 1. The highest BCUT2D eigenvalue weighted by Crippen LogP contribution is 2.34. The minimum absolute atomic E-state index is 0.0905. The van der Waals surface area contributed by atoms with E-state index in [1.165, 1.54) is 6.07 Å². The van der Waals surface area contributed by atoms with Crippen LogP contribution in [0.4, 0.5) is 17.2 Å². The zero-order valence-corrected chi connectivity index (χ0v) is 14.2. The largest absolute Gasteiger partial charge is 0.366 e. The summed E-state index contributed by atoms with van der Waals surface area (Å²) in [6, 6.07) is 6.75. The molecule has 3 rings (SSSR count). The van der Waals surface area contributed by atoms with Gasteiger partial charge in [-0.1, -0.05) is 17.3 Å². The molecule has 0 bridgehead atoms. The Morgan fingerprint density at radius 2 is 2.08 bits per heavy atom. The molecule has 8 nitrogen and oxygen atoms in total. The van der Waals surface area contributed by atoms with Gasteiger partial charge in [0.15, 0.2) is 5.82 Å². The molecule has 25 heavy (non-hydrogen) atoms. The molecule has 1 aromatic heterocycles. The van der Waals surface area contributed by atoms with Gasteiger partial charge in [0.1, 0.15) is 11.4 Å². The van der Waals surface area contributed by atoms with Gasteiger partial charge in [-0.25, -0.2) is 0 Å². The maximum atomic E-state index is 12.3. The molecule has 2 heterocycles. The first-order valence-corrected chi connectivity index (χ1v) is 8.19. The van der Waals surface area contributed by atoms with Gasteiger partial charge in [-0.3, -0.25) is 14.9 Å². The number of amides is 1. The van der Waals surface area contributed by atoms with Crippen LogP contribution in [0.3, 0.4) is 0 Å². The van der Waals surface area contributed by atoms with E-state index in [1.54, 1.807) is 19.1 Å². The van der Waals surface area contributed by atoms with Crippen molar-refractivity contribution in [3.05, 3.63) is 45.7 Å². The highest BCUT2D eigenvalue weighted by molar-refractivity contribution is 5.91. The number of nitrogens with one attached hydrogen (secondary N) is 1. The third-order valence-corrected chi connectivity index (χ3v) is 4.47. The second-order valence-corrected chi connectivity index (χ2v) is 6.27. The Labute approximate surface area is 144 Å². The summed E-state index contributed by atoms with van der Waals surface area (Å²) in [6.45, 7) is 4.83. The molecule has 1 fully saturated rings. The van der Waals surface area contributed by atoms with Crippen LogP contribution < -0.4 is 10.2 Å². The quantitative estimate of drug-likeness (QED) is 0.675.